The van der Waals surface area contributed by atoms with Crippen molar-refractivity contribution in [2.24, 2.45) is 0 Å². The standard InChI is InChI=1S/C17H34O4S/c1-4-7-10-19-13-14-15(20-11-8-5-2)16(17(18)22-14)21-12-9-6-3/h14-18H,4-13H2,1-3H3/t14-,15-,16+,17?/m1/s1. The summed E-state index contributed by atoms with van der Waals surface area (Å²) in [4.78, 5) is 0. The van der Waals surface area contributed by atoms with Gasteiger partial charge in [-0.3, -0.25) is 0 Å². The molecule has 0 spiro atoms. The van der Waals surface area contributed by atoms with Gasteiger partial charge in [-0.25, -0.2) is 0 Å². The lowest BCUT2D eigenvalue weighted by molar-refractivity contribution is -0.0969. The predicted molar refractivity (Wildman–Crippen MR) is 92.4 cm³/mol. The first-order valence-corrected chi connectivity index (χ1v) is 9.83. The number of unbranched alkanes of at least 4 members (excludes halogenated alkanes) is 3. The lowest BCUT2D eigenvalue weighted by Gasteiger charge is -2.25. The van der Waals surface area contributed by atoms with Gasteiger partial charge in [0.25, 0.3) is 0 Å². The van der Waals surface area contributed by atoms with Crippen LogP contribution in [-0.4, -0.2) is 54.4 Å². The second-order valence-electron chi connectivity index (χ2n) is 5.87. The van der Waals surface area contributed by atoms with Gasteiger partial charge in [0, 0.05) is 19.8 Å². The minimum atomic E-state index is -0.511. The molecule has 5 heteroatoms. The van der Waals surface area contributed by atoms with E-state index in [1.165, 1.54) is 11.8 Å². The Morgan fingerprint density at radius 1 is 0.818 bits per heavy atom. The van der Waals surface area contributed by atoms with Crippen LogP contribution in [0.1, 0.15) is 59.3 Å². The topological polar surface area (TPSA) is 47.9 Å². The highest BCUT2D eigenvalue weighted by Gasteiger charge is 2.45. The first-order valence-electron chi connectivity index (χ1n) is 8.89. The zero-order valence-corrected chi connectivity index (χ0v) is 15.3. The van der Waals surface area contributed by atoms with E-state index < -0.39 is 5.44 Å². The summed E-state index contributed by atoms with van der Waals surface area (Å²) in [6.45, 7) is 9.29. The molecule has 0 radical (unpaired) electrons. The van der Waals surface area contributed by atoms with Gasteiger partial charge in [0.05, 0.1) is 11.9 Å². The van der Waals surface area contributed by atoms with Gasteiger partial charge in [-0.05, 0) is 19.3 Å². The fourth-order valence-electron chi connectivity index (χ4n) is 2.39. The van der Waals surface area contributed by atoms with E-state index in [1.54, 1.807) is 0 Å². The summed E-state index contributed by atoms with van der Waals surface area (Å²) in [5.41, 5.74) is -0.511. The molecule has 0 aliphatic carbocycles. The molecule has 0 saturated carbocycles. The summed E-state index contributed by atoms with van der Waals surface area (Å²) in [6.07, 6.45) is 6.20. The van der Waals surface area contributed by atoms with Crippen molar-refractivity contribution < 1.29 is 19.3 Å². The van der Waals surface area contributed by atoms with Gasteiger partial charge in [0.15, 0.2) is 0 Å². The third-order valence-corrected chi connectivity index (χ3v) is 5.13. The second kappa shape index (κ2) is 12.6. The first kappa shape index (κ1) is 20.2. The van der Waals surface area contributed by atoms with E-state index >= 15 is 0 Å². The summed E-state index contributed by atoms with van der Waals surface area (Å²) < 4.78 is 17.7. The number of ether oxygens (including phenoxy) is 3. The Hall–Kier alpha value is 0.190. The number of hydrogen-bond acceptors (Lipinski definition) is 5. The Morgan fingerprint density at radius 3 is 1.95 bits per heavy atom. The fraction of sp³-hybridized carbons (Fsp3) is 1.00. The molecule has 1 aliphatic heterocycles. The van der Waals surface area contributed by atoms with Crippen LogP contribution < -0.4 is 0 Å². The quantitative estimate of drug-likeness (QED) is 0.521. The van der Waals surface area contributed by atoms with E-state index in [0.717, 1.165) is 51.7 Å². The highest BCUT2D eigenvalue weighted by molar-refractivity contribution is 8.00. The summed E-state index contributed by atoms with van der Waals surface area (Å²) in [5, 5.41) is 10.5. The van der Waals surface area contributed by atoms with Crippen molar-refractivity contribution in [1.82, 2.24) is 0 Å². The second-order valence-corrected chi connectivity index (χ2v) is 7.23. The van der Waals surface area contributed by atoms with Crippen LogP contribution in [0.3, 0.4) is 0 Å². The summed E-state index contributed by atoms with van der Waals surface area (Å²) >= 11 is 1.54. The Kier molecular flexibility index (Phi) is 11.6. The largest absolute Gasteiger partial charge is 0.380 e. The van der Waals surface area contributed by atoms with Crippen LogP contribution in [-0.2, 0) is 14.2 Å². The van der Waals surface area contributed by atoms with Crippen molar-refractivity contribution in [3.05, 3.63) is 0 Å². The van der Waals surface area contributed by atoms with E-state index in [1.807, 2.05) is 0 Å². The van der Waals surface area contributed by atoms with Crippen LogP contribution >= 0.6 is 11.8 Å². The van der Waals surface area contributed by atoms with Crippen LogP contribution in [0.15, 0.2) is 0 Å². The molecule has 22 heavy (non-hydrogen) atoms. The van der Waals surface area contributed by atoms with Crippen molar-refractivity contribution in [3.63, 3.8) is 0 Å². The molecular formula is C17H34O4S. The van der Waals surface area contributed by atoms with Crippen LogP contribution in [0.2, 0.25) is 0 Å². The number of aliphatic hydroxyl groups is 1. The lowest BCUT2D eigenvalue weighted by atomic mass is 10.1. The maximum atomic E-state index is 10.3. The van der Waals surface area contributed by atoms with E-state index in [9.17, 15) is 5.11 Å². The Balaban J connectivity index is 2.48. The Morgan fingerprint density at radius 2 is 1.36 bits per heavy atom. The summed E-state index contributed by atoms with van der Waals surface area (Å²) in [7, 11) is 0. The van der Waals surface area contributed by atoms with Crippen LogP contribution in [0, 0.1) is 0 Å². The monoisotopic (exact) mass is 334 g/mol. The van der Waals surface area contributed by atoms with Gasteiger partial charge in [-0.2, -0.15) is 0 Å². The number of thioether (sulfide) groups is 1. The lowest BCUT2D eigenvalue weighted by Crippen LogP contribution is -2.39. The molecule has 1 fully saturated rings. The van der Waals surface area contributed by atoms with Crippen molar-refractivity contribution >= 4 is 11.8 Å². The summed E-state index contributed by atoms with van der Waals surface area (Å²) in [6, 6.07) is 0. The average molecular weight is 335 g/mol. The smallest absolute Gasteiger partial charge is 0.128 e. The fourth-order valence-corrected chi connectivity index (χ4v) is 3.70. The molecule has 1 N–H and O–H groups in total. The maximum Gasteiger partial charge on any atom is 0.128 e. The zero-order chi connectivity index (χ0) is 16.2. The highest BCUT2D eigenvalue weighted by Crippen LogP contribution is 2.37. The molecular weight excluding hydrogens is 300 g/mol. The molecule has 1 saturated heterocycles. The van der Waals surface area contributed by atoms with Crippen molar-refractivity contribution in [2.45, 2.75) is 82.2 Å². The molecule has 0 bridgehead atoms. The molecule has 1 aliphatic rings. The molecule has 4 atom stereocenters. The van der Waals surface area contributed by atoms with Gasteiger partial charge < -0.3 is 19.3 Å². The predicted octanol–water partition coefficient (Wildman–Crippen LogP) is 3.61. The normalized spacial score (nSPS) is 28.4. The number of aliphatic hydroxyl groups excluding tert-OH is 1. The van der Waals surface area contributed by atoms with Crippen molar-refractivity contribution in [2.75, 3.05) is 26.4 Å². The Bertz CT molecular complexity index is 265. The van der Waals surface area contributed by atoms with Gasteiger partial charge in [0.1, 0.15) is 17.6 Å². The molecule has 132 valence electrons. The number of rotatable bonds is 13. The summed E-state index contributed by atoms with van der Waals surface area (Å²) in [5.74, 6) is 0. The molecule has 0 aromatic rings. The van der Waals surface area contributed by atoms with Gasteiger partial charge in [0.2, 0.25) is 0 Å². The highest BCUT2D eigenvalue weighted by atomic mass is 32.2. The molecule has 0 amide bonds. The van der Waals surface area contributed by atoms with Crippen LogP contribution in [0.4, 0.5) is 0 Å². The Labute approximate surface area is 140 Å². The van der Waals surface area contributed by atoms with E-state index in [4.69, 9.17) is 14.2 Å². The van der Waals surface area contributed by atoms with Crippen molar-refractivity contribution in [3.8, 4) is 0 Å². The minimum absolute atomic E-state index is 0.0648. The zero-order valence-electron chi connectivity index (χ0n) is 14.5. The molecule has 1 rings (SSSR count). The van der Waals surface area contributed by atoms with Crippen molar-refractivity contribution in [1.29, 1.82) is 0 Å². The molecule has 1 heterocycles. The molecule has 1 unspecified atom stereocenters. The third kappa shape index (κ3) is 7.18. The van der Waals surface area contributed by atoms with E-state index in [2.05, 4.69) is 20.8 Å². The molecule has 0 aromatic carbocycles. The number of hydrogen-bond donors (Lipinski definition) is 1. The van der Waals surface area contributed by atoms with Gasteiger partial charge in [-0.1, -0.05) is 40.0 Å². The maximum absolute atomic E-state index is 10.3. The molecule has 0 aromatic heterocycles. The van der Waals surface area contributed by atoms with Gasteiger partial charge >= 0.3 is 0 Å². The van der Waals surface area contributed by atoms with Crippen LogP contribution in [0.5, 0.6) is 0 Å². The van der Waals surface area contributed by atoms with E-state index in [0.29, 0.717) is 13.2 Å². The van der Waals surface area contributed by atoms with Gasteiger partial charge in [-0.15, -0.1) is 11.8 Å². The van der Waals surface area contributed by atoms with E-state index in [-0.39, 0.29) is 17.5 Å². The third-order valence-electron chi connectivity index (χ3n) is 3.83. The minimum Gasteiger partial charge on any atom is -0.380 e. The first-order chi connectivity index (χ1) is 10.7. The molecule has 4 nitrogen and oxygen atoms in total. The SMILES string of the molecule is CCCCOC[C@H]1SC(O)[C@@H](OCCCC)[C@@H]1OCCCC. The average Bonchev–Trinajstić information content (AvgIpc) is 2.80. The van der Waals surface area contributed by atoms with Crippen LogP contribution in [0.25, 0.3) is 0 Å².